The Balaban J connectivity index is 1.91. The third kappa shape index (κ3) is 4.27. The summed E-state index contributed by atoms with van der Waals surface area (Å²) in [7, 11) is -3.47. The van der Waals surface area contributed by atoms with Crippen molar-refractivity contribution in [2.24, 2.45) is 0 Å². The van der Waals surface area contributed by atoms with Crippen LogP contribution >= 0.6 is 0 Å². The number of carbonyl (C=O) groups is 1. The van der Waals surface area contributed by atoms with E-state index in [2.05, 4.69) is 5.10 Å². The van der Waals surface area contributed by atoms with E-state index in [4.69, 9.17) is 0 Å². The van der Waals surface area contributed by atoms with Gasteiger partial charge in [-0.05, 0) is 6.07 Å². The number of sulfonamides is 1. The number of carbonyl (C=O) groups excluding carboxylic acids is 1. The predicted octanol–water partition coefficient (Wildman–Crippen LogP) is 0.378. The van der Waals surface area contributed by atoms with Crippen LogP contribution in [0.5, 0.6) is 0 Å². The molecule has 0 saturated heterocycles. The molecular formula is C13H16N3O3S+. The van der Waals surface area contributed by atoms with Crippen molar-refractivity contribution in [2.45, 2.75) is 19.4 Å². The molecule has 0 spiro atoms. The molecule has 0 fully saturated rings. The molecular weight excluding hydrogens is 278 g/mol. The Labute approximate surface area is 117 Å². The van der Waals surface area contributed by atoms with E-state index in [0.717, 1.165) is 17.2 Å². The van der Waals surface area contributed by atoms with E-state index in [0.29, 0.717) is 13.0 Å². The Bertz CT molecular complexity index is 728. The van der Waals surface area contributed by atoms with Crippen molar-refractivity contribution < 1.29 is 17.9 Å². The van der Waals surface area contributed by atoms with Crippen molar-refractivity contribution in [2.75, 3.05) is 6.26 Å². The maximum atomic E-state index is 11.3. The molecule has 0 aliphatic rings. The molecule has 0 aliphatic heterocycles. The molecule has 0 bridgehead atoms. The fourth-order valence-electron chi connectivity index (χ4n) is 1.84. The highest BCUT2D eigenvalue weighted by Crippen LogP contribution is 2.06. The monoisotopic (exact) mass is 294 g/mol. The van der Waals surface area contributed by atoms with Crippen LogP contribution in [-0.4, -0.2) is 25.7 Å². The van der Waals surface area contributed by atoms with Crippen molar-refractivity contribution in [3.05, 3.63) is 36.5 Å². The minimum absolute atomic E-state index is 0.147. The van der Waals surface area contributed by atoms with E-state index in [1.807, 2.05) is 41.3 Å². The van der Waals surface area contributed by atoms with Crippen LogP contribution in [-0.2, 0) is 21.4 Å². The van der Waals surface area contributed by atoms with Crippen LogP contribution in [0.2, 0.25) is 0 Å². The SMILES string of the molecule is CS(=O)(=O)NC(=O)CCC[n+]1ccc2ccccc2n1. The van der Waals surface area contributed by atoms with Crippen molar-refractivity contribution in [1.82, 2.24) is 9.82 Å². The second-order valence-electron chi connectivity index (χ2n) is 4.54. The summed E-state index contributed by atoms with van der Waals surface area (Å²) in [6.07, 6.45) is 3.48. The normalized spacial score (nSPS) is 11.4. The number of hydrogen-bond donors (Lipinski definition) is 1. The number of fused-ring (bicyclic) bond motifs is 1. The van der Waals surface area contributed by atoms with Gasteiger partial charge in [-0.1, -0.05) is 22.9 Å². The molecule has 1 aromatic carbocycles. The fourth-order valence-corrected chi connectivity index (χ4v) is 2.36. The molecule has 0 radical (unpaired) electrons. The van der Waals surface area contributed by atoms with E-state index in [-0.39, 0.29) is 6.42 Å². The Morgan fingerprint density at radius 1 is 1.30 bits per heavy atom. The van der Waals surface area contributed by atoms with Crippen LogP contribution in [0.3, 0.4) is 0 Å². The lowest BCUT2D eigenvalue weighted by molar-refractivity contribution is -0.751. The topological polar surface area (TPSA) is 80.0 Å². The average Bonchev–Trinajstić information content (AvgIpc) is 2.36. The summed E-state index contributed by atoms with van der Waals surface area (Å²) >= 11 is 0. The summed E-state index contributed by atoms with van der Waals surface area (Å²) in [6.45, 7) is 0.558. The Morgan fingerprint density at radius 3 is 2.80 bits per heavy atom. The van der Waals surface area contributed by atoms with Gasteiger partial charge in [-0.15, -0.1) is 0 Å². The lowest BCUT2D eigenvalue weighted by atomic mass is 10.2. The van der Waals surface area contributed by atoms with Gasteiger partial charge in [-0.3, -0.25) is 9.52 Å². The summed E-state index contributed by atoms with van der Waals surface area (Å²) in [5.74, 6) is -0.492. The van der Waals surface area contributed by atoms with Crippen molar-refractivity contribution >= 4 is 26.8 Å². The zero-order valence-corrected chi connectivity index (χ0v) is 11.9. The van der Waals surface area contributed by atoms with E-state index in [9.17, 15) is 13.2 Å². The zero-order valence-electron chi connectivity index (χ0n) is 11.1. The molecule has 0 atom stereocenters. The Hall–Kier alpha value is -2.02. The zero-order chi connectivity index (χ0) is 14.6. The molecule has 0 aliphatic carbocycles. The van der Waals surface area contributed by atoms with Gasteiger partial charge in [0.15, 0.2) is 12.7 Å². The van der Waals surface area contributed by atoms with Gasteiger partial charge in [0, 0.05) is 29.4 Å². The van der Waals surface area contributed by atoms with Crippen LogP contribution in [0.4, 0.5) is 0 Å². The Kier molecular flexibility index (Phi) is 4.29. The number of benzene rings is 1. The third-order valence-corrected chi connectivity index (χ3v) is 3.29. The summed E-state index contributed by atoms with van der Waals surface area (Å²) in [6, 6.07) is 9.72. The van der Waals surface area contributed by atoms with Crippen LogP contribution < -0.4 is 9.40 Å². The highest BCUT2D eigenvalue weighted by atomic mass is 32.2. The molecule has 1 aromatic heterocycles. The van der Waals surface area contributed by atoms with Gasteiger partial charge < -0.3 is 0 Å². The number of rotatable bonds is 5. The fraction of sp³-hybridized carbons (Fsp3) is 0.308. The second kappa shape index (κ2) is 5.96. The van der Waals surface area contributed by atoms with Crippen LogP contribution in [0.25, 0.3) is 10.9 Å². The van der Waals surface area contributed by atoms with Gasteiger partial charge in [0.05, 0.1) is 6.26 Å². The number of nitrogens with zero attached hydrogens (tertiary/aromatic N) is 2. The molecule has 20 heavy (non-hydrogen) atoms. The van der Waals surface area contributed by atoms with E-state index >= 15 is 0 Å². The largest absolute Gasteiger partial charge is 0.274 e. The number of amides is 1. The molecule has 1 amide bonds. The number of aryl methyl sites for hydroxylation is 1. The molecule has 2 rings (SSSR count). The molecule has 6 nitrogen and oxygen atoms in total. The second-order valence-corrected chi connectivity index (χ2v) is 6.29. The van der Waals surface area contributed by atoms with Crippen LogP contribution in [0, 0.1) is 0 Å². The molecule has 0 unspecified atom stereocenters. The maximum absolute atomic E-state index is 11.3. The molecule has 2 aromatic rings. The number of aromatic nitrogens is 2. The Morgan fingerprint density at radius 2 is 2.05 bits per heavy atom. The lowest BCUT2D eigenvalue weighted by Gasteiger charge is -2.00. The van der Waals surface area contributed by atoms with E-state index in [1.54, 1.807) is 4.68 Å². The maximum Gasteiger partial charge on any atom is 0.233 e. The first-order chi connectivity index (χ1) is 9.44. The highest BCUT2D eigenvalue weighted by Gasteiger charge is 2.10. The quantitative estimate of drug-likeness (QED) is 0.808. The molecule has 7 heteroatoms. The average molecular weight is 294 g/mol. The number of nitrogens with one attached hydrogen (secondary N) is 1. The van der Waals surface area contributed by atoms with Gasteiger partial charge in [0.25, 0.3) is 0 Å². The summed E-state index contributed by atoms with van der Waals surface area (Å²) in [5, 5.41) is 5.47. The van der Waals surface area contributed by atoms with Crippen molar-refractivity contribution in [3.63, 3.8) is 0 Å². The smallest absolute Gasteiger partial charge is 0.233 e. The molecule has 1 N–H and O–H groups in total. The molecule has 0 saturated carbocycles. The third-order valence-electron chi connectivity index (χ3n) is 2.69. The van der Waals surface area contributed by atoms with E-state index < -0.39 is 15.9 Å². The van der Waals surface area contributed by atoms with Crippen LogP contribution in [0.15, 0.2) is 36.5 Å². The molecule has 1 heterocycles. The van der Waals surface area contributed by atoms with Gasteiger partial charge in [-0.25, -0.2) is 8.42 Å². The summed E-state index contributed by atoms with van der Waals surface area (Å²) < 4.78 is 25.4. The minimum Gasteiger partial charge on any atom is -0.274 e. The first-order valence-electron chi connectivity index (χ1n) is 6.20. The minimum atomic E-state index is -3.47. The standard InChI is InChI=1S/C13H15N3O3S/c1-20(18,19)15-13(17)7-4-9-16-10-8-11-5-2-3-6-12(11)14-16/h2-3,5-6,8,10H,4,7,9H2,1H3/p+1. The van der Waals surface area contributed by atoms with Gasteiger partial charge in [0.1, 0.15) is 5.52 Å². The van der Waals surface area contributed by atoms with Gasteiger partial charge >= 0.3 is 0 Å². The van der Waals surface area contributed by atoms with E-state index in [1.165, 1.54) is 0 Å². The van der Waals surface area contributed by atoms with Crippen molar-refractivity contribution in [3.8, 4) is 0 Å². The first-order valence-corrected chi connectivity index (χ1v) is 8.09. The lowest BCUT2D eigenvalue weighted by Crippen LogP contribution is -2.38. The van der Waals surface area contributed by atoms with Gasteiger partial charge in [-0.2, -0.15) is 0 Å². The summed E-state index contributed by atoms with van der Waals surface area (Å²) in [4.78, 5) is 11.3. The highest BCUT2D eigenvalue weighted by molar-refractivity contribution is 7.89. The van der Waals surface area contributed by atoms with Crippen LogP contribution in [0.1, 0.15) is 12.8 Å². The first kappa shape index (κ1) is 14.4. The van der Waals surface area contributed by atoms with Gasteiger partial charge in [0.2, 0.25) is 15.9 Å². The van der Waals surface area contributed by atoms with Crippen molar-refractivity contribution in [1.29, 1.82) is 0 Å². The predicted molar refractivity (Wildman–Crippen MR) is 74.2 cm³/mol. The summed E-state index contributed by atoms with van der Waals surface area (Å²) in [5.41, 5.74) is 0.885. The molecule has 106 valence electrons. The number of hydrogen-bond acceptors (Lipinski definition) is 4.